The monoisotopic (exact) mass is 426 g/mol. The van der Waals surface area contributed by atoms with Crippen LogP contribution in [0.1, 0.15) is 42.3 Å². The van der Waals surface area contributed by atoms with Crippen LogP contribution in [0.25, 0.3) is 0 Å². The number of benzene rings is 2. The summed E-state index contributed by atoms with van der Waals surface area (Å²) in [7, 11) is 0. The van der Waals surface area contributed by atoms with Crippen molar-refractivity contribution >= 4 is 40.3 Å². The van der Waals surface area contributed by atoms with Gasteiger partial charge in [-0.15, -0.1) is 0 Å². The molecule has 2 aromatic carbocycles. The summed E-state index contributed by atoms with van der Waals surface area (Å²) in [5.41, 5.74) is 6.20. The van der Waals surface area contributed by atoms with Gasteiger partial charge in [0.1, 0.15) is 0 Å². The number of nitrogens with one attached hydrogen (secondary N) is 2. The Hall–Kier alpha value is -2.37. The van der Waals surface area contributed by atoms with E-state index >= 15 is 0 Å². The topological polar surface area (TPSA) is 41.9 Å². The summed E-state index contributed by atoms with van der Waals surface area (Å²) in [5.74, 6) is 0. The molecule has 3 rings (SSSR count). The summed E-state index contributed by atoms with van der Waals surface area (Å²) >= 11 is 11.8. The minimum absolute atomic E-state index is 0.551. The molecule has 2 N–H and O–H groups in total. The van der Waals surface area contributed by atoms with Crippen LogP contribution in [0.5, 0.6) is 0 Å². The number of thiocarbonyl (C=S) groups is 1. The van der Waals surface area contributed by atoms with Crippen molar-refractivity contribution < 1.29 is 0 Å². The molecule has 6 heteroatoms. The average molecular weight is 427 g/mol. The second-order valence-electron chi connectivity index (χ2n) is 7.17. The Bertz CT molecular complexity index is 979. The Morgan fingerprint density at radius 3 is 2.48 bits per heavy atom. The predicted molar refractivity (Wildman–Crippen MR) is 127 cm³/mol. The van der Waals surface area contributed by atoms with Gasteiger partial charge >= 0.3 is 0 Å². The second-order valence-corrected chi connectivity index (χ2v) is 7.99. The maximum absolute atomic E-state index is 6.30. The van der Waals surface area contributed by atoms with E-state index in [1.807, 2.05) is 42.8 Å². The summed E-state index contributed by atoms with van der Waals surface area (Å²) in [5, 5.41) is 12.5. The second kappa shape index (κ2) is 9.90. The zero-order valence-electron chi connectivity index (χ0n) is 17.1. The SMILES string of the molecule is CCCCc1ccc(NC(=S)Nc2c(C)nn(Cc3ccccc3Cl)c2C)cc1. The molecule has 0 bridgehead atoms. The fourth-order valence-corrected chi connectivity index (χ4v) is 3.65. The molecule has 0 fully saturated rings. The standard InChI is InChI=1S/C23H27ClN4S/c1-4-5-8-18-11-13-20(14-12-18)25-23(29)26-22-16(2)27-28(17(22)3)15-19-9-6-7-10-21(19)24/h6-7,9-14H,4-5,8,15H2,1-3H3,(H2,25,26,29). The van der Waals surface area contributed by atoms with Gasteiger partial charge in [-0.2, -0.15) is 5.10 Å². The highest BCUT2D eigenvalue weighted by Gasteiger charge is 2.14. The molecule has 0 spiro atoms. The van der Waals surface area contributed by atoms with Crippen LogP contribution in [0.3, 0.4) is 0 Å². The molecule has 0 atom stereocenters. The Labute approximate surface area is 183 Å². The van der Waals surface area contributed by atoms with E-state index in [4.69, 9.17) is 23.8 Å². The number of rotatable bonds is 7. The quantitative estimate of drug-likeness (QED) is 0.431. The highest BCUT2D eigenvalue weighted by molar-refractivity contribution is 7.80. The molecule has 0 aliphatic heterocycles. The van der Waals surface area contributed by atoms with Crippen LogP contribution < -0.4 is 10.6 Å². The van der Waals surface area contributed by atoms with E-state index < -0.39 is 0 Å². The molecular weight excluding hydrogens is 400 g/mol. The first kappa shape index (κ1) is 21.3. The van der Waals surface area contributed by atoms with Crippen LogP contribution in [-0.2, 0) is 13.0 Å². The lowest BCUT2D eigenvalue weighted by molar-refractivity contribution is 0.659. The van der Waals surface area contributed by atoms with Gasteiger partial charge in [-0.1, -0.05) is 55.3 Å². The summed E-state index contributed by atoms with van der Waals surface area (Å²) in [6.45, 7) is 6.84. The molecule has 29 heavy (non-hydrogen) atoms. The summed E-state index contributed by atoms with van der Waals surface area (Å²) in [4.78, 5) is 0. The van der Waals surface area contributed by atoms with Crippen molar-refractivity contribution in [2.24, 2.45) is 0 Å². The molecule has 0 aliphatic rings. The number of aromatic nitrogens is 2. The highest BCUT2D eigenvalue weighted by atomic mass is 35.5. The first-order chi connectivity index (χ1) is 14.0. The fraction of sp³-hybridized carbons (Fsp3) is 0.304. The molecule has 1 aromatic heterocycles. The van der Waals surface area contributed by atoms with E-state index in [9.17, 15) is 0 Å². The third kappa shape index (κ3) is 5.58. The van der Waals surface area contributed by atoms with Crippen LogP contribution >= 0.6 is 23.8 Å². The molecule has 0 aliphatic carbocycles. The number of hydrogen-bond donors (Lipinski definition) is 2. The lowest BCUT2D eigenvalue weighted by atomic mass is 10.1. The zero-order chi connectivity index (χ0) is 20.8. The van der Waals surface area contributed by atoms with Gasteiger partial charge in [0.25, 0.3) is 0 Å². The van der Waals surface area contributed by atoms with E-state index in [0.717, 1.165) is 39.8 Å². The van der Waals surface area contributed by atoms with Crippen molar-refractivity contribution in [1.82, 2.24) is 9.78 Å². The Morgan fingerprint density at radius 2 is 1.79 bits per heavy atom. The van der Waals surface area contributed by atoms with Gasteiger partial charge in [0, 0.05) is 10.7 Å². The van der Waals surface area contributed by atoms with Crippen molar-refractivity contribution in [3.05, 3.63) is 76.1 Å². The van der Waals surface area contributed by atoms with Crippen LogP contribution in [0.4, 0.5) is 11.4 Å². The molecule has 152 valence electrons. The van der Waals surface area contributed by atoms with E-state index in [1.165, 1.54) is 18.4 Å². The molecule has 0 saturated heterocycles. The van der Waals surface area contributed by atoms with Gasteiger partial charge in [-0.3, -0.25) is 4.68 Å². The van der Waals surface area contributed by atoms with E-state index in [-0.39, 0.29) is 0 Å². The van der Waals surface area contributed by atoms with Crippen molar-refractivity contribution in [3.8, 4) is 0 Å². The van der Waals surface area contributed by atoms with Crippen LogP contribution in [0.15, 0.2) is 48.5 Å². The number of nitrogens with zero attached hydrogens (tertiary/aromatic N) is 2. The van der Waals surface area contributed by atoms with Gasteiger partial charge in [0.2, 0.25) is 0 Å². The maximum Gasteiger partial charge on any atom is 0.175 e. The molecule has 0 saturated carbocycles. The lowest BCUT2D eigenvalue weighted by Crippen LogP contribution is -2.20. The molecule has 0 radical (unpaired) electrons. The third-order valence-corrected chi connectivity index (χ3v) is 5.50. The lowest BCUT2D eigenvalue weighted by Gasteiger charge is -2.12. The maximum atomic E-state index is 6.30. The van der Waals surface area contributed by atoms with Crippen molar-refractivity contribution in [2.75, 3.05) is 10.6 Å². The first-order valence-electron chi connectivity index (χ1n) is 9.92. The minimum atomic E-state index is 0.551. The summed E-state index contributed by atoms with van der Waals surface area (Å²) in [6, 6.07) is 16.3. The predicted octanol–water partition coefficient (Wildman–Crippen LogP) is 6.35. The fourth-order valence-electron chi connectivity index (χ4n) is 3.23. The van der Waals surface area contributed by atoms with E-state index in [2.05, 4.69) is 46.9 Å². The van der Waals surface area contributed by atoms with Crippen molar-refractivity contribution in [2.45, 2.75) is 46.6 Å². The molecule has 0 amide bonds. The molecule has 4 nitrogen and oxygen atoms in total. The van der Waals surface area contributed by atoms with Gasteiger partial charge in [0.05, 0.1) is 23.6 Å². The number of halogens is 1. The molecule has 3 aromatic rings. The van der Waals surface area contributed by atoms with E-state index in [1.54, 1.807) is 0 Å². The van der Waals surface area contributed by atoms with Gasteiger partial charge in [-0.25, -0.2) is 0 Å². The van der Waals surface area contributed by atoms with Crippen LogP contribution in [-0.4, -0.2) is 14.9 Å². The van der Waals surface area contributed by atoms with Crippen molar-refractivity contribution in [3.63, 3.8) is 0 Å². The Kier molecular flexibility index (Phi) is 7.29. The number of aryl methyl sites for hydroxylation is 2. The molecule has 1 heterocycles. The van der Waals surface area contributed by atoms with Crippen LogP contribution in [0, 0.1) is 13.8 Å². The zero-order valence-corrected chi connectivity index (χ0v) is 18.7. The smallest absolute Gasteiger partial charge is 0.175 e. The van der Waals surface area contributed by atoms with Crippen molar-refractivity contribution in [1.29, 1.82) is 0 Å². The Balaban J connectivity index is 1.66. The normalized spacial score (nSPS) is 10.8. The van der Waals surface area contributed by atoms with Gasteiger partial charge in [-0.05, 0) is 68.2 Å². The number of anilines is 2. The largest absolute Gasteiger partial charge is 0.332 e. The summed E-state index contributed by atoms with van der Waals surface area (Å²) < 4.78 is 1.95. The molecular formula is C23H27ClN4S. The highest BCUT2D eigenvalue weighted by Crippen LogP contribution is 2.23. The minimum Gasteiger partial charge on any atom is -0.332 e. The Morgan fingerprint density at radius 1 is 1.07 bits per heavy atom. The van der Waals surface area contributed by atoms with Crippen LogP contribution in [0.2, 0.25) is 5.02 Å². The van der Waals surface area contributed by atoms with Gasteiger partial charge < -0.3 is 10.6 Å². The summed E-state index contributed by atoms with van der Waals surface area (Å²) in [6.07, 6.45) is 3.53. The number of unbranched alkanes of at least 4 members (excludes halogenated alkanes) is 1. The number of hydrogen-bond acceptors (Lipinski definition) is 2. The third-order valence-electron chi connectivity index (χ3n) is 4.93. The molecule has 0 unspecified atom stereocenters. The van der Waals surface area contributed by atoms with E-state index in [0.29, 0.717) is 11.7 Å². The average Bonchev–Trinajstić information content (AvgIpc) is 2.96. The van der Waals surface area contributed by atoms with Gasteiger partial charge in [0.15, 0.2) is 5.11 Å². The first-order valence-corrected chi connectivity index (χ1v) is 10.7.